The summed E-state index contributed by atoms with van der Waals surface area (Å²) in [6.07, 6.45) is 5.43. The van der Waals surface area contributed by atoms with Crippen LogP contribution in [0.3, 0.4) is 0 Å². The summed E-state index contributed by atoms with van der Waals surface area (Å²) in [4.78, 5) is 6.48. The Morgan fingerprint density at radius 1 is 1.12 bits per heavy atom. The highest BCUT2D eigenvalue weighted by Crippen LogP contribution is 2.35. The van der Waals surface area contributed by atoms with E-state index in [-0.39, 0.29) is 12.0 Å². The lowest BCUT2D eigenvalue weighted by molar-refractivity contribution is -0.0394. The quantitative estimate of drug-likeness (QED) is 0.720. The number of nitrogens with zero attached hydrogens (tertiary/aromatic N) is 4. The third-order valence-electron chi connectivity index (χ3n) is 4.80. The number of benzene rings is 1. The second-order valence-corrected chi connectivity index (χ2v) is 6.28. The molecule has 1 atom stereocenters. The van der Waals surface area contributed by atoms with Crippen LogP contribution in [0.5, 0.6) is 0 Å². The minimum atomic E-state index is -0.246. The predicted molar refractivity (Wildman–Crippen MR) is 98.0 cm³/mol. The van der Waals surface area contributed by atoms with E-state index in [0.717, 1.165) is 42.1 Å². The maximum atomic E-state index is 13.4. The third kappa shape index (κ3) is 3.13. The fourth-order valence-electron chi connectivity index (χ4n) is 3.45. The molecule has 0 spiro atoms. The molecule has 4 rings (SSSR count). The topological polar surface area (TPSA) is 43.2 Å². The van der Waals surface area contributed by atoms with Gasteiger partial charge in [-0.15, -0.1) is 0 Å². The molecule has 5 nitrogen and oxygen atoms in total. The van der Waals surface area contributed by atoms with Gasteiger partial charge in [0.2, 0.25) is 0 Å². The summed E-state index contributed by atoms with van der Waals surface area (Å²) in [6, 6.07) is 10.5. The molecular formula is C20H21FN4O. The molecule has 1 aliphatic heterocycles. The second-order valence-electron chi connectivity index (χ2n) is 6.28. The van der Waals surface area contributed by atoms with Crippen LogP contribution >= 0.6 is 0 Å². The molecule has 0 radical (unpaired) electrons. The SMILES string of the molecule is CCN1CCOCC1n1ncc(-c2ccc(F)cc2)c1-c1ccncc1. The summed E-state index contributed by atoms with van der Waals surface area (Å²) in [5.74, 6) is -0.246. The van der Waals surface area contributed by atoms with Crippen LogP contribution in [-0.4, -0.2) is 46.0 Å². The van der Waals surface area contributed by atoms with Gasteiger partial charge in [-0.25, -0.2) is 9.07 Å². The summed E-state index contributed by atoms with van der Waals surface area (Å²) >= 11 is 0. The first-order valence-corrected chi connectivity index (χ1v) is 8.83. The Morgan fingerprint density at radius 3 is 2.62 bits per heavy atom. The maximum Gasteiger partial charge on any atom is 0.128 e. The van der Waals surface area contributed by atoms with E-state index in [1.165, 1.54) is 12.1 Å². The summed E-state index contributed by atoms with van der Waals surface area (Å²) in [5, 5.41) is 4.69. The molecule has 26 heavy (non-hydrogen) atoms. The Labute approximate surface area is 152 Å². The molecule has 1 fully saturated rings. The number of halogens is 1. The summed E-state index contributed by atoms with van der Waals surface area (Å²) in [7, 11) is 0. The van der Waals surface area contributed by atoms with Gasteiger partial charge in [0.25, 0.3) is 0 Å². The van der Waals surface area contributed by atoms with Gasteiger partial charge >= 0.3 is 0 Å². The zero-order chi connectivity index (χ0) is 17.9. The van der Waals surface area contributed by atoms with Crippen molar-refractivity contribution >= 4 is 0 Å². The first-order valence-electron chi connectivity index (χ1n) is 8.83. The number of pyridine rings is 1. The van der Waals surface area contributed by atoms with Crippen LogP contribution in [0, 0.1) is 5.82 Å². The zero-order valence-electron chi connectivity index (χ0n) is 14.7. The first kappa shape index (κ1) is 16.9. The lowest BCUT2D eigenvalue weighted by Crippen LogP contribution is -2.42. The zero-order valence-corrected chi connectivity index (χ0v) is 14.7. The Kier molecular flexibility index (Phi) is 4.77. The smallest absolute Gasteiger partial charge is 0.128 e. The molecule has 134 valence electrons. The fraction of sp³-hybridized carbons (Fsp3) is 0.300. The average molecular weight is 352 g/mol. The van der Waals surface area contributed by atoms with E-state index < -0.39 is 0 Å². The monoisotopic (exact) mass is 352 g/mol. The second kappa shape index (κ2) is 7.35. The standard InChI is InChI=1S/C20H21FN4O/c1-2-24-11-12-26-14-19(24)25-20(16-7-9-22-10-8-16)18(13-23-25)15-3-5-17(21)6-4-15/h3-10,13,19H,2,11-12,14H2,1H3. The van der Waals surface area contributed by atoms with Gasteiger partial charge in [0.05, 0.1) is 25.1 Å². The molecule has 0 N–H and O–H groups in total. The lowest BCUT2D eigenvalue weighted by Gasteiger charge is -2.35. The van der Waals surface area contributed by atoms with E-state index in [1.54, 1.807) is 24.5 Å². The lowest BCUT2D eigenvalue weighted by atomic mass is 10.0. The van der Waals surface area contributed by atoms with Crippen LogP contribution in [0.15, 0.2) is 55.0 Å². The van der Waals surface area contributed by atoms with Crippen LogP contribution in [0.2, 0.25) is 0 Å². The highest BCUT2D eigenvalue weighted by molar-refractivity contribution is 5.80. The average Bonchev–Trinajstić information content (AvgIpc) is 3.14. The number of hydrogen-bond acceptors (Lipinski definition) is 4. The highest BCUT2D eigenvalue weighted by atomic mass is 19.1. The van der Waals surface area contributed by atoms with Crippen molar-refractivity contribution in [3.05, 3.63) is 60.8 Å². The van der Waals surface area contributed by atoms with E-state index >= 15 is 0 Å². The molecule has 0 amide bonds. The molecule has 0 aliphatic carbocycles. The van der Waals surface area contributed by atoms with Crippen molar-refractivity contribution in [2.24, 2.45) is 0 Å². The molecule has 1 aliphatic rings. The number of morpholine rings is 1. The van der Waals surface area contributed by atoms with Crippen LogP contribution in [-0.2, 0) is 4.74 Å². The minimum absolute atomic E-state index is 0.0334. The molecule has 3 aromatic rings. The number of rotatable bonds is 4. The molecule has 2 aromatic heterocycles. The normalized spacial score (nSPS) is 18.2. The van der Waals surface area contributed by atoms with Crippen molar-refractivity contribution in [2.45, 2.75) is 13.1 Å². The van der Waals surface area contributed by atoms with Crippen molar-refractivity contribution in [1.82, 2.24) is 19.7 Å². The van der Waals surface area contributed by atoms with Crippen molar-refractivity contribution in [1.29, 1.82) is 0 Å². The predicted octanol–water partition coefficient (Wildman–Crippen LogP) is 3.60. The van der Waals surface area contributed by atoms with Crippen LogP contribution in [0.25, 0.3) is 22.4 Å². The first-order chi connectivity index (χ1) is 12.8. The number of aromatic nitrogens is 3. The van der Waals surface area contributed by atoms with E-state index in [1.807, 2.05) is 23.0 Å². The van der Waals surface area contributed by atoms with Crippen LogP contribution in [0.4, 0.5) is 4.39 Å². The van der Waals surface area contributed by atoms with E-state index in [2.05, 4.69) is 16.8 Å². The Hall–Kier alpha value is -2.57. The van der Waals surface area contributed by atoms with Crippen molar-refractivity contribution in [3.63, 3.8) is 0 Å². The summed E-state index contributed by atoms with van der Waals surface area (Å²) in [6.45, 7) is 5.28. The van der Waals surface area contributed by atoms with Gasteiger partial charge in [0.1, 0.15) is 12.0 Å². The Balaban J connectivity index is 1.86. The largest absolute Gasteiger partial charge is 0.376 e. The van der Waals surface area contributed by atoms with E-state index in [4.69, 9.17) is 9.84 Å². The minimum Gasteiger partial charge on any atom is -0.376 e. The summed E-state index contributed by atoms with van der Waals surface area (Å²) in [5.41, 5.74) is 3.92. The van der Waals surface area contributed by atoms with E-state index in [0.29, 0.717) is 6.61 Å². The molecular weight excluding hydrogens is 331 g/mol. The molecule has 0 saturated carbocycles. The van der Waals surface area contributed by atoms with Gasteiger partial charge < -0.3 is 4.74 Å². The van der Waals surface area contributed by atoms with Gasteiger partial charge in [-0.3, -0.25) is 9.88 Å². The van der Waals surface area contributed by atoms with Gasteiger partial charge in [-0.05, 0) is 36.4 Å². The van der Waals surface area contributed by atoms with Crippen molar-refractivity contribution < 1.29 is 9.13 Å². The molecule has 1 saturated heterocycles. The Bertz CT molecular complexity index is 863. The number of hydrogen-bond donors (Lipinski definition) is 0. The third-order valence-corrected chi connectivity index (χ3v) is 4.80. The number of likely N-dealkylation sites (N-methyl/N-ethyl adjacent to an activating group) is 1. The number of ether oxygens (including phenoxy) is 1. The van der Waals surface area contributed by atoms with Crippen molar-refractivity contribution in [2.75, 3.05) is 26.3 Å². The fourth-order valence-corrected chi connectivity index (χ4v) is 3.45. The molecule has 3 heterocycles. The van der Waals surface area contributed by atoms with Gasteiger partial charge in [0.15, 0.2) is 0 Å². The van der Waals surface area contributed by atoms with Crippen LogP contribution < -0.4 is 0 Å². The molecule has 1 aromatic carbocycles. The molecule has 6 heteroatoms. The van der Waals surface area contributed by atoms with Crippen molar-refractivity contribution in [3.8, 4) is 22.4 Å². The highest BCUT2D eigenvalue weighted by Gasteiger charge is 2.27. The Morgan fingerprint density at radius 2 is 1.88 bits per heavy atom. The van der Waals surface area contributed by atoms with Gasteiger partial charge in [-0.1, -0.05) is 19.1 Å². The maximum absolute atomic E-state index is 13.4. The van der Waals surface area contributed by atoms with Gasteiger partial charge in [-0.2, -0.15) is 5.10 Å². The van der Waals surface area contributed by atoms with Crippen LogP contribution in [0.1, 0.15) is 13.1 Å². The molecule has 0 bridgehead atoms. The van der Waals surface area contributed by atoms with Gasteiger partial charge in [0, 0.05) is 30.1 Å². The summed E-state index contributed by atoms with van der Waals surface area (Å²) < 4.78 is 21.1. The molecule has 1 unspecified atom stereocenters. The van der Waals surface area contributed by atoms with E-state index in [9.17, 15) is 4.39 Å².